The van der Waals surface area contributed by atoms with Gasteiger partial charge in [0.05, 0.1) is 13.2 Å². The number of hydrogen-bond acceptors (Lipinski definition) is 3. The van der Waals surface area contributed by atoms with Gasteiger partial charge in [-0.25, -0.2) is 4.39 Å². The molecule has 1 aliphatic heterocycles. The van der Waals surface area contributed by atoms with E-state index in [0.717, 1.165) is 25.9 Å². The second-order valence-electron chi connectivity index (χ2n) is 4.45. The number of aliphatic hydroxyl groups is 1. The summed E-state index contributed by atoms with van der Waals surface area (Å²) in [5.41, 5.74) is 0.622. The molecule has 1 saturated heterocycles. The van der Waals surface area contributed by atoms with E-state index in [1.165, 1.54) is 13.2 Å². The second kappa shape index (κ2) is 5.47. The quantitative estimate of drug-likeness (QED) is 0.846. The van der Waals surface area contributed by atoms with E-state index in [2.05, 4.69) is 5.32 Å². The van der Waals surface area contributed by atoms with Gasteiger partial charge in [-0.05, 0) is 37.1 Å². The Morgan fingerprint density at radius 1 is 1.53 bits per heavy atom. The van der Waals surface area contributed by atoms with Crippen molar-refractivity contribution < 1.29 is 14.2 Å². The molecule has 1 aromatic rings. The maximum absolute atomic E-state index is 13.5. The van der Waals surface area contributed by atoms with Gasteiger partial charge in [-0.2, -0.15) is 0 Å². The van der Waals surface area contributed by atoms with Gasteiger partial charge in [0.1, 0.15) is 0 Å². The molecule has 1 fully saturated rings. The first-order valence-corrected chi connectivity index (χ1v) is 5.94. The predicted octanol–water partition coefficient (Wildman–Crippen LogP) is 1.87. The number of hydrogen-bond donors (Lipinski definition) is 2. The maximum atomic E-state index is 13.5. The summed E-state index contributed by atoms with van der Waals surface area (Å²) < 4.78 is 18.4. The number of ether oxygens (including phenoxy) is 1. The average Bonchev–Trinajstić information content (AvgIpc) is 2.39. The molecule has 4 heteroatoms. The zero-order valence-electron chi connectivity index (χ0n) is 9.95. The molecule has 0 saturated carbocycles. The molecule has 2 N–H and O–H groups in total. The van der Waals surface area contributed by atoms with Crippen LogP contribution in [-0.2, 0) is 0 Å². The van der Waals surface area contributed by atoms with E-state index < -0.39 is 11.9 Å². The van der Waals surface area contributed by atoms with Crippen molar-refractivity contribution in [3.05, 3.63) is 29.6 Å². The van der Waals surface area contributed by atoms with E-state index in [4.69, 9.17) is 4.74 Å². The number of aliphatic hydroxyl groups excluding tert-OH is 1. The third kappa shape index (κ3) is 2.76. The number of nitrogens with one attached hydrogen (secondary N) is 1. The third-order valence-electron chi connectivity index (χ3n) is 3.30. The van der Waals surface area contributed by atoms with E-state index in [9.17, 15) is 9.50 Å². The highest BCUT2D eigenvalue weighted by atomic mass is 19.1. The molecule has 0 aliphatic carbocycles. The third-order valence-corrected chi connectivity index (χ3v) is 3.30. The molecule has 0 spiro atoms. The van der Waals surface area contributed by atoms with Crippen LogP contribution in [0, 0.1) is 11.7 Å². The van der Waals surface area contributed by atoms with Crippen LogP contribution in [0.2, 0.25) is 0 Å². The van der Waals surface area contributed by atoms with Crippen molar-refractivity contribution in [2.75, 3.05) is 20.2 Å². The van der Waals surface area contributed by atoms with Crippen molar-refractivity contribution >= 4 is 0 Å². The summed E-state index contributed by atoms with van der Waals surface area (Å²) in [5, 5.41) is 13.4. The number of rotatable bonds is 3. The van der Waals surface area contributed by atoms with Gasteiger partial charge >= 0.3 is 0 Å². The standard InChI is InChI=1S/C13H18FNO2/c1-17-12-5-4-9(7-11(12)14)13(16)10-3-2-6-15-8-10/h4-5,7,10,13,15-16H,2-3,6,8H2,1H3. The average molecular weight is 239 g/mol. The topological polar surface area (TPSA) is 41.5 Å². The largest absolute Gasteiger partial charge is 0.494 e. The molecule has 0 aromatic heterocycles. The lowest BCUT2D eigenvalue weighted by atomic mass is 9.89. The van der Waals surface area contributed by atoms with E-state index in [1.54, 1.807) is 12.1 Å². The normalized spacial score (nSPS) is 22.2. The molecule has 1 heterocycles. The Kier molecular flexibility index (Phi) is 3.97. The number of halogens is 1. The fourth-order valence-corrected chi connectivity index (χ4v) is 2.29. The Bertz CT molecular complexity index is 378. The number of benzene rings is 1. The molecule has 3 nitrogen and oxygen atoms in total. The Morgan fingerprint density at radius 2 is 2.35 bits per heavy atom. The first-order chi connectivity index (χ1) is 8.22. The van der Waals surface area contributed by atoms with Crippen LogP contribution >= 0.6 is 0 Å². The van der Waals surface area contributed by atoms with E-state index in [0.29, 0.717) is 5.56 Å². The predicted molar refractivity (Wildman–Crippen MR) is 63.5 cm³/mol. The van der Waals surface area contributed by atoms with Gasteiger partial charge in [0, 0.05) is 12.5 Å². The van der Waals surface area contributed by atoms with Crippen LogP contribution in [0.5, 0.6) is 5.75 Å². The lowest BCUT2D eigenvalue weighted by molar-refractivity contribution is 0.0918. The van der Waals surface area contributed by atoms with Crippen molar-refractivity contribution in [1.82, 2.24) is 5.32 Å². The minimum Gasteiger partial charge on any atom is -0.494 e. The van der Waals surface area contributed by atoms with Crippen LogP contribution < -0.4 is 10.1 Å². The van der Waals surface area contributed by atoms with Crippen LogP contribution in [0.1, 0.15) is 24.5 Å². The molecule has 0 radical (unpaired) electrons. The summed E-state index contributed by atoms with van der Waals surface area (Å²) in [6.07, 6.45) is 1.42. The molecule has 0 bridgehead atoms. The molecule has 1 aliphatic rings. The molecular weight excluding hydrogens is 221 g/mol. The molecular formula is C13H18FNO2. The maximum Gasteiger partial charge on any atom is 0.165 e. The van der Waals surface area contributed by atoms with Crippen molar-refractivity contribution in [3.63, 3.8) is 0 Å². The van der Waals surface area contributed by atoms with E-state index in [1.807, 2.05) is 0 Å². The van der Waals surface area contributed by atoms with E-state index in [-0.39, 0.29) is 11.7 Å². The molecule has 0 amide bonds. The zero-order valence-corrected chi connectivity index (χ0v) is 9.95. The van der Waals surface area contributed by atoms with Crippen LogP contribution in [0.15, 0.2) is 18.2 Å². The summed E-state index contributed by atoms with van der Waals surface area (Å²) >= 11 is 0. The fourth-order valence-electron chi connectivity index (χ4n) is 2.29. The van der Waals surface area contributed by atoms with Crippen molar-refractivity contribution in [3.8, 4) is 5.75 Å². The Balaban J connectivity index is 2.12. The first-order valence-electron chi connectivity index (χ1n) is 5.94. The first kappa shape index (κ1) is 12.3. The van der Waals surface area contributed by atoms with Gasteiger partial charge in [-0.15, -0.1) is 0 Å². The van der Waals surface area contributed by atoms with Gasteiger partial charge in [0.2, 0.25) is 0 Å². The Hall–Kier alpha value is -1.13. The minimum absolute atomic E-state index is 0.163. The lowest BCUT2D eigenvalue weighted by Crippen LogP contribution is -2.33. The van der Waals surface area contributed by atoms with E-state index >= 15 is 0 Å². The highest BCUT2D eigenvalue weighted by Crippen LogP contribution is 2.29. The molecule has 1 aromatic carbocycles. The molecule has 2 unspecified atom stereocenters. The minimum atomic E-state index is -0.608. The van der Waals surface area contributed by atoms with Crippen LogP contribution in [0.3, 0.4) is 0 Å². The Morgan fingerprint density at radius 3 is 2.94 bits per heavy atom. The van der Waals surface area contributed by atoms with Gasteiger partial charge in [0.15, 0.2) is 11.6 Å². The molecule has 17 heavy (non-hydrogen) atoms. The highest BCUT2D eigenvalue weighted by molar-refractivity contribution is 5.30. The Labute approximate surface area is 101 Å². The summed E-state index contributed by atoms with van der Waals surface area (Å²) in [7, 11) is 1.43. The van der Waals surface area contributed by atoms with Gasteiger partial charge < -0.3 is 15.2 Å². The molecule has 2 atom stereocenters. The van der Waals surface area contributed by atoms with Gasteiger partial charge in [-0.1, -0.05) is 6.07 Å². The lowest BCUT2D eigenvalue weighted by Gasteiger charge is -2.27. The number of piperidine rings is 1. The summed E-state index contributed by atoms with van der Waals surface area (Å²) in [4.78, 5) is 0. The SMILES string of the molecule is COc1ccc(C(O)C2CCCNC2)cc1F. The van der Waals surface area contributed by atoms with Crippen molar-refractivity contribution in [1.29, 1.82) is 0 Å². The summed E-state index contributed by atoms with van der Waals surface area (Å²) in [6, 6.07) is 4.64. The zero-order chi connectivity index (χ0) is 12.3. The van der Waals surface area contributed by atoms with Gasteiger partial charge in [-0.3, -0.25) is 0 Å². The molecule has 2 rings (SSSR count). The van der Waals surface area contributed by atoms with Crippen LogP contribution in [0.4, 0.5) is 4.39 Å². The van der Waals surface area contributed by atoms with Crippen LogP contribution in [0.25, 0.3) is 0 Å². The monoisotopic (exact) mass is 239 g/mol. The van der Waals surface area contributed by atoms with Gasteiger partial charge in [0.25, 0.3) is 0 Å². The van der Waals surface area contributed by atoms with Crippen molar-refractivity contribution in [2.45, 2.75) is 18.9 Å². The summed E-state index contributed by atoms with van der Waals surface area (Å²) in [5.74, 6) is -0.0490. The number of methoxy groups -OCH3 is 1. The van der Waals surface area contributed by atoms with Crippen LogP contribution in [-0.4, -0.2) is 25.3 Å². The highest BCUT2D eigenvalue weighted by Gasteiger charge is 2.23. The van der Waals surface area contributed by atoms with Crippen molar-refractivity contribution in [2.24, 2.45) is 5.92 Å². The molecule has 94 valence electrons. The summed E-state index contributed by atoms with van der Waals surface area (Å²) in [6.45, 7) is 1.79. The second-order valence-corrected chi connectivity index (χ2v) is 4.45. The fraction of sp³-hybridized carbons (Fsp3) is 0.538. The smallest absolute Gasteiger partial charge is 0.165 e.